The molecule has 1 saturated heterocycles. The molecular weight excluding hydrogens is 396 g/mol. The van der Waals surface area contributed by atoms with Gasteiger partial charge in [0, 0.05) is 24.1 Å². The number of aromatic nitrogens is 3. The van der Waals surface area contributed by atoms with E-state index < -0.39 is 10.0 Å². The minimum Gasteiger partial charge on any atom is -0.368 e. The molecule has 1 aromatic heterocycles. The molecule has 0 aliphatic carbocycles. The molecule has 1 aliphatic rings. The monoisotopic (exact) mass is 414 g/mol. The van der Waals surface area contributed by atoms with Crippen molar-refractivity contribution in [1.82, 2.24) is 19.9 Å². The van der Waals surface area contributed by atoms with Crippen molar-refractivity contribution in [2.75, 3.05) is 30.3 Å². The molecular formula is C14H19BrN6O2S. The largest absolute Gasteiger partial charge is 0.368 e. The van der Waals surface area contributed by atoms with Gasteiger partial charge in [-0.25, -0.2) is 18.2 Å². The Morgan fingerprint density at radius 3 is 2.54 bits per heavy atom. The Labute approximate surface area is 149 Å². The summed E-state index contributed by atoms with van der Waals surface area (Å²) in [4.78, 5) is 6.44. The van der Waals surface area contributed by atoms with E-state index in [9.17, 15) is 8.42 Å². The molecule has 0 radical (unpaired) electrons. The van der Waals surface area contributed by atoms with Crippen molar-refractivity contribution < 1.29 is 8.42 Å². The second kappa shape index (κ2) is 7.08. The Hall–Kier alpha value is -1.65. The second-order valence-corrected chi connectivity index (χ2v) is 8.44. The summed E-state index contributed by atoms with van der Waals surface area (Å²) in [5.74, 6) is 1.19. The molecule has 130 valence electrons. The topological polar surface area (TPSA) is 117 Å². The van der Waals surface area contributed by atoms with E-state index in [1.807, 2.05) is 4.90 Å². The molecule has 3 rings (SSSR count). The molecule has 1 aromatic carbocycles. The van der Waals surface area contributed by atoms with Crippen LogP contribution in [-0.4, -0.2) is 43.2 Å². The number of nitrogens with two attached hydrogens (primary N) is 1. The van der Waals surface area contributed by atoms with Crippen molar-refractivity contribution in [3.05, 3.63) is 28.7 Å². The van der Waals surface area contributed by atoms with Gasteiger partial charge in [0.15, 0.2) is 0 Å². The van der Waals surface area contributed by atoms with Crippen molar-refractivity contribution in [3.8, 4) is 0 Å². The predicted molar refractivity (Wildman–Crippen MR) is 95.1 cm³/mol. The van der Waals surface area contributed by atoms with E-state index in [1.165, 1.54) is 0 Å². The zero-order valence-corrected chi connectivity index (χ0v) is 15.3. The highest BCUT2D eigenvalue weighted by atomic mass is 79.9. The third kappa shape index (κ3) is 4.05. The molecule has 0 saturated carbocycles. The van der Waals surface area contributed by atoms with Gasteiger partial charge >= 0.3 is 0 Å². The van der Waals surface area contributed by atoms with Gasteiger partial charge in [0.25, 0.3) is 0 Å². The van der Waals surface area contributed by atoms with Gasteiger partial charge in [0.05, 0.1) is 4.90 Å². The molecule has 4 N–H and O–H groups in total. The molecule has 2 aromatic rings. The molecule has 0 spiro atoms. The van der Waals surface area contributed by atoms with Crippen molar-refractivity contribution in [1.29, 1.82) is 0 Å². The molecule has 8 nitrogen and oxygen atoms in total. The summed E-state index contributed by atoms with van der Waals surface area (Å²) in [7, 11) is -3.47. The molecule has 1 aliphatic heterocycles. The average molecular weight is 415 g/mol. The Bertz CT molecular complexity index is 784. The Morgan fingerprint density at radius 2 is 1.96 bits per heavy atom. The highest BCUT2D eigenvalue weighted by molar-refractivity contribution is 9.10. The van der Waals surface area contributed by atoms with Crippen molar-refractivity contribution in [2.45, 2.75) is 17.7 Å². The fourth-order valence-electron chi connectivity index (χ4n) is 2.67. The van der Waals surface area contributed by atoms with Crippen LogP contribution in [-0.2, 0) is 10.0 Å². The fourth-order valence-corrected chi connectivity index (χ4v) is 4.05. The maximum Gasteiger partial charge on any atom is 0.246 e. The van der Waals surface area contributed by atoms with Crippen molar-refractivity contribution >= 4 is 37.8 Å². The lowest BCUT2D eigenvalue weighted by Gasteiger charge is -2.31. The number of sulfonamides is 1. The van der Waals surface area contributed by atoms with Gasteiger partial charge in [-0.2, -0.15) is 4.98 Å². The number of anilines is 2. The molecule has 0 amide bonds. The zero-order valence-electron chi connectivity index (χ0n) is 12.9. The number of aromatic amines is 1. The van der Waals surface area contributed by atoms with Crippen molar-refractivity contribution in [2.24, 2.45) is 5.92 Å². The van der Waals surface area contributed by atoms with Crippen LogP contribution in [0.25, 0.3) is 0 Å². The number of hydrogen-bond donors (Lipinski definition) is 3. The Kier molecular flexibility index (Phi) is 5.07. The van der Waals surface area contributed by atoms with Crippen LogP contribution in [0.1, 0.15) is 12.8 Å². The van der Waals surface area contributed by atoms with Crippen LogP contribution in [0.2, 0.25) is 0 Å². The second-order valence-electron chi connectivity index (χ2n) is 5.76. The number of H-pyrrole nitrogens is 1. The van der Waals surface area contributed by atoms with E-state index in [0.717, 1.165) is 30.4 Å². The summed E-state index contributed by atoms with van der Waals surface area (Å²) in [5.41, 5.74) is 5.54. The first-order valence-electron chi connectivity index (χ1n) is 7.62. The van der Waals surface area contributed by atoms with Gasteiger partial charge in [-0.3, -0.25) is 0 Å². The van der Waals surface area contributed by atoms with Crippen LogP contribution in [0.4, 0.5) is 11.9 Å². The quantitative estimate of drug-likeness (QED) is 0.679. The Balaban J connectivity index is 1.52. The number of nitrogens with one attached hydrogen (secondary N) is 2. The maximum absolute atomic E-state index is 12.3. The van der Waals surface area contributed by atoms with Crippen LogP contribution in [0, 0.1) is 5.92 Å². The fraction of sp³-hybridized carbons (Fsp3) is 0.429. The van der Waals surface area contributed by atoms with Crippen molar-refractivity contribution in [3.63, 3.8) is 0 Å². The summed E-state index contributed by atoms with van der Waals surface area (Å²) in [6.45, 7) is 1.99. The molecule has 0 unspecified atom stereocenters. The first-order valence-corrected chi connectivity index (χ1v) is 9.90. The minimum absolute atomic E-state index is 0.277. The highest BCUT2D eigenvalue weighted by Gasteiger charge is 2.23. The third-order valence-corrected chi connectivity index (χ3v) is 6.04. The standard InChI is InChI=1S/C14H19BrN6O2S/c15-11-1-3-12(4-2-11)24(22,23)17-9-10-5-7-21(8-6-10)14-18-13(16)19-20-14/h1-4,10,17H,5-9H2,(H3,16,18,19,20). The van der Waals surface area contributed by atoms with E-state index in [-0.39, 0.29) is 4.90 Å². The van der Waals surface area contributed by atoms with Crippen LogP contribution < -0.4 is 15.4 Å². The number of hydrogen-bond acceptors (Lipinski definition) is 6. The number of nitrogen functional groups attached to an aromatic ring is 1. The van der Waals surface area contributed by atoms with E-state index in [4.69, 9.17) is 5.73 Å². The van der Waals surface area contributed by atoms with Gasteiger partial charge in [0.1, 0.15) is 0 Å². The lowest BCUT2D eigenvalue weighted by molar-refractivity contribution is 0.399. The van der Waals surface area contributed by atoms with Gasteiger partial charge in [-0.15, -0.1) is 5.10 Å². The lowest BCUT2D eigenvalue weighted by Crippen LogP contribution is -2.39. The van der Waals surface area contributed by atoms with E-state index in [1.54, 1.807) is 24.3 Å². The average Bonchev–Trinajstić information content (AvgIpc) is 3.00. The molecule has 24 heavy (non-hydrogen) atoms. The maximum atomic E-state index is 12.3. The van der Waals surface area contributed by atoms with Crippen LogP contribution in [0.5, 0.6) is 0 Å². The van der Waals surface area contributed by atoms with Gasteiger partial charge < -0.3 is 10.6 Å². The first kappa shape index (κ1) is 17.2. The molecule has 0 atom stereocenters. The molecule has 0 bridgehead atoms. The summed E-state index contributed by atoms with van der Waals surface area (Å²) in [5, 5.41) is 6.67. The minimum atomic E-state index is -3.47. The van der Waals surface area contributed by atoms with Gasteiger partial charge in [-0.1, -0.05) is 15.9 Å². The molecule has 10 heteroatoms. The van der Waals surface area contributed by atoms with E-state index in [0.29, 0.717) is 24.4 Å². The SMILES string of the molecule is Nc1nc(N2CCC(CNS(=O)(=O)c3ccc(Br)cc3)CC2)n[nH]1. The first-order chi connectivity index (χ1) is 11.4. The summed E-state index contributed by atoms with van der Waals surface area (Å²) in [6, 6.07) is 6.61. The molecule has 2 heterocycles. The lowest BCUT2D eigenvalue weighted by atomic mass is 9.97. The Morgan fingerprint density at radius 1 is 1.29 bits per heavy atom. The highest BCUT2D eigenvalue weighted by Crippen LogP contribution is 2.21. The number of rotatable bonds is 5. The predicted octanol–water partition coefficient (Wildman–Crippen LogP) is 1.34. The molecule has 1 fully saturated rings. The smallest absolute Gasteiger partial charge is 0.246 e. The number of halogens is 1. The normalized spacial score (nSPS) is 16.5. The summed E-state index contributed by atoms with van der Waals surface area (Å²) in [6.07, 6.45) is 1.74. The zero-order chi connectivity index (χ0) is 17.2. The number of nitrogens with zero attached hydrogens (tertiary/aromatic N) is 3. The van der Waals surface area contributed by atoms with Crippen LogP contribution in [0.3, 0.4) is 0 Å². The van der Waals surface area contributed by atoms with Crippen LogP contribution in [0.15, 0.2) is 33.6 Å². The van der Waals surface area contributed by atoms with Crippen LogP contribution >= 0.6 is 15.9 Å². The van der Waals surface area contributed by atoms with Gasteiger partial charge in [-0.05, 0) is 43.0 Å². The van der Waals surface area contributed by atoms with Gasteiger partial charge in [0.2, 0.25) is 21.9 Å². The van der Waals surface area contributed by atoms with E-state index in [2.05, 4.69) is 35.8 Å². The van der Waals surface area contributed by atoms with E-state index >= 15 is 0 Å². The number of benzene rings is 1. The third-order valence-electron chi connectivity index (χ3n) is 4.07. The number of piperidine rings is 1. The summed E-state index contributed by atoms with van der Waals surface area (Å²) >= 11 is 3.30. The summed E-state index contributed by atoms with van der Waals surface area (Å²) < 4.78 is 28.2.